The Kier molecular flexibility index (Phi) is 4.31. The Labute approximate surface area is 139 Å². The van der Waals surface area contributed by atoms with E-state index in [-0.39, 0.29) is 6.42 Å². The molecule has 0 atom stereocenters. The predicted molar refractivity (Wildman–Crippen MR) is 89.9 cm³/mol. The molecule has 23 heavy (non-hydrogen) atoms. The second-order valence-electron chi connectivity index (χ2n) is 4.99. The van der Waals surface area contributed by atoms with Crippen LogP contribution in [0, 0.1) is 11.3 Å². The minimum Gasteiger partial charge on any atom is -0.497 e. The number of rotatable bonds is 4. The minimum absolute atomic E-state index is 0.251. The molecule has 0 saturated carbocycles. The van der Waals surface area contributed by atoms with E-state index < -0.39 is 0 Å². The minimum atomic E-state index is 0.251. The average molecular weight is 324 g/mol. The summed E-state index contributed by atoms with van der Waals surface area (Å²) in [6.07, 6.45) is 1.88. The molecular formula is C18H14ClN3O. The first-order chi connectivity index (χ1) is 11.2. The quantitative estimate of drug-likeness (QED) is 0.720. The Bertz CT molecular complexity index is 863. The normalized spacial score (nSPS) is 10.3. The average Bonchev–Trinajstić information content (AvgIpc) is 2.96. The van der Waals surface area contributed by atoms with Crippen molar-refractivity contribution >= 4 is 11.6 Å². The molecule has 0 amide bonds. The fraction of sp³-hybridized carbons (Fsp3) is 0.111. The Balaban J connectivity index is 1.92. The zero-order valence-corrected chi connectivity index (χ0v) is 13.3. The van der Waals surface area contributed by atoms with E-state index in [1.165, 1.54) is 0 Å². The van der Waals surface area contributed by atoms with Gasteiger partial charge in [-0.05, 0) is 35.4 Å². The number of methoxy groups -OCH3 is 1. The summed E-state index contributed by atoms with van der Waals surface area (Å²) in [6.45, 7) is 0. The lowest BCUT2D eigenvalue weighted by Crippen LogP contribution is -1.96. The van der Waals surface area contributed by atoms with Gasteiger partial charge in [0.1, 0.15) is 10.9 Å². The third kappa shape index (κ3) is 3.05. The van der Waals surface area contributed by atoms with Crippen LogP contribution in [0.2, 0.25) is 5.15 Å². The van der Waals surface area contributed by atoms with Crippen molar-refractivity contribution in [1.82, 2.24) is 9.78 Å². The van der Waals surface area contributed by atoms with Gasteiger partial charge in [-0.2, -0.15) is 10.4 Å². The summed E-state index contributed by atoms with van der Waals surface area (Å²) in [5.41, 5.74) is 3.73. The van der Waals surface area contributed by atoms with Gasteiger partial charge in [0.2, 0.25) is 0 Å². The largest absolute Gasteiger partial charge is 0.497 e. The van der Waals surface area contributed by atoms with E-state index in [2.05, 4.69) is 11.2 Å². The van der Waals surface area contributed by atoms with E-state index in [9.17, 15) is 0 Å². The molecule has 0 bridgehead atoms. The van der Waals surface area contributed by atoms with Gasteiger partial charge in [-0.1, -0.05) is 35.9 Å². The molecule has 0 spiro atoms. The molecule has 5 heteroatoms. The highest BCUT2D eigenvalue weighted by Gasteiger charge is 2.10. The number of hydrogen-bond donors (Lipinski definition) is 0. The van der Waals surface area contributed by atoms with Crippen molar-refractivity contribution in [3.63, 3.8) is 0 Å². The number of ether oxygens (including phenoxy) is 1. The van der Waals surface area contributed by atoms with Crippen molar-refractivity contribution in [2.75, 3.05) is 7.11 Å². The summed E-state index contributed by atoms with van der Waals surface area (Å²) in [6, 6.07) is 17.9. The molecule has 1 aromatic heterocycles. The fourth-order valence-corrected chi connectivity index (χ4v) is 2.61. The third-order valence-electron chi connectivity index (χ3n) is 3.56. The lowest BCUT2D eigenvalue weighted by molar-refractivity contribution is 0.415. The van der Waals surface area contributed by atoms with Crippen LogP contribution < -0.4 is 4.74 Å². The van der Waals surface area contributed by atoms with Gasteiger partial charge in [0.05, 0.1) is 31.5 Å². The number of hydrogen-bond acceptors (Lipinski definition) is 3. The third-order valence-corrected chi connectivity index (χ3v) is 3.97. The van der Waals surface area contributed by atoms with Crippen LogP contribution in [-0.2, 0) is 6.42 Å². The van der Waals surface area contributed by atoms with Gasteiger partial charge >= 0.3 is 0 Å². The summed E-state index contributed by atoms with van der Waals surface area (Å²) in [4.78, 5) is 0. The molecule has 3 aromatic rings. The molecule has 114 valence electrons. The zero-order chi connectivity index (χ0) is 16.2. The van der Waals surface area contributed by atoms with Crippen LogP contribution >= 0.6 is 11.6 Å². The first-order valence-corrected chi connectivity index (χ1v) is 7.45. The van der Waals surface area contributed by atoms with Crippen LogP contribution in [0.25, 0.3) is 16.8 Å². The van der Waals surface area contributed by atoms with E-state index in [0.29, 0.717) is 5.15 Å². The van der Waals surface area contributed by atoms with Gasteiger partial charge in [-0.3, -0.25) is 0 Å². The molecule has 4 nitrogen and oxygen atoms in total. The number of aromatic nitrogens is 2. The molecule has 0 aliphatic rings. The van der Waals surface area contributed by atoms with Crippen molar-refractivity contribution in [2.24, 2.45) is 0 Å². The Morgan fingerprint density at radius 2 is 1.96 bits per heavy atom. The Morgan fingerprint density at radius 3 is 2.65 bits per heavy atom. The Morgan fingerprint density at radius 1 is 1.17 bits per heavy atom. The van der Waals surface area contributed by atoms with Gasteiger partial charge in [-0.15, -0.1) is 0 Å². The molecule has 1 heterocycles. The molecule has 0 aliphatic heterocycles. The molecule has 2 aromatic carbocycles. The van der Waals surface area contributed by atoms with Crippen molar-refractivity contribution in [1.29, 1.82) is 5.26 Å². The second-order valence-corrected chi connectivity index (χ2v) is 5.34. The maximum Gasteiger partial charge on any atom is 0.137 e. The first kappa shape index (κ1) is 15.1. The summed E-state index contributed by atoms with van der Waals surface area (Å²) >= 11 is 6.27. The lowest BCUT2D eigenvalue weighted by Gasteiger charge is -2.07. The van der Waals surface area contributed by atoms with E-state index in [0.717, 1.165) is 28.1 Å². The lowest BCUT2D eigenvalue weighted by atomic mass is 10.1. The predicted octanol–water partition coefficient (Wildman–Crippen LogP) is 4.27. The van der Waals surface area contributed by atoms with E-state index in [1.54, 1.807) is 18.0 Å². The fourth-order valence-electron chi connectivity index (χ4n) is 2.35. The molecule has 0 aliphatic carbocycles. The summed E-state index contributed by atoms with van der Waals surface area (Å²) in [5, 5.41) is 13.5. The first-order valence-electron chi connectivity index (χ1n) is 7.07. The summed E-state index contributed by atoms with van der Waals surface area (Å²) < 4.78 is 6.88. The standard InChI is InChI=1S/C18H14ClN3O/c1-23-17-4-2-3-14(11-17)13-5-7-16(8-6-13)22-18(19)15(9-10-20)12-21-22/h2-8,11-12H,9H2,1H3. The molecule has 0 N–H and O–H groups in total. The monoisotopic (exact) mass is 323 g/mol. The van der Waals surface area contributed by atoms with Crippen LogP contribution in [0.5, 0.6) is 5.75 Å². The Hall–Kier alpha value is -2.77. The molecular weight excluding hydrogens is 310 g/mol. The van der Waals surface area contributed by atoms with Crippen molar-refractivity contribution in [3.8, 4) is 28.6 Å². The number of halogens is 1. The van der Waals surface area contributed by atoms with E-state index in [4.69, 9.17) is 21.6 Å². The van der Waals surface area contributed by atoms with Gasteiger partial charge in [0.15, 0.2) is 0 Å². The highest BCUT2D eigenvalue weighted by atomic mass is 35.5. The smallest absolute Gasteiger partial charge is 0.137 e. The van der Waals surface area contributed by atoms with Gasteiger partial charge < -0.3 is 4.74 Å². The highest BCUT2D eigenvalue weighted by Crippen LogP contribution is 2.26. The topological polar surface area (TPSA) is 50.8 Å². The molecule has 0 saturated heterocycles. The number of nitriles is 1. The van der Waals surface area contributed by atoms with Crippen molar-refractivity contribution in [3.05, 3.63) is 65.4 Å². The van der Waals surface area contributed by atoms with E-state index in [1.807, 2.05) is 48.5 Å². The second kappa shape index (κ2) is 6.55. The van der Waals surface area contributed by atoms with Gasteiger partial charge in [0, 0.05) is 5.56 Å². The highest BCUT2D eigenvalue weighted by molar-refractivity contribution is 6.30. The maximum atomic E-state index is 8.77. The number of benzene rings is 2. The van der Waals surface area contributed by atoms with Crippen LogP contribution in [-0.4, -0.2) is 16.9 Å². The number of nitrogens with zero attached hydrogens (tertiary/aromatic N) is 3. The van der Waals surface area contributed by atoms with Crippen LogP contribution in [0.3, 0.4) is 0 Å². The molecule has 0 fully saturated rings. The van der Waals surface area contributed by atoms with Gasteiger partial charge in [0.25, 0.3) is 0 Å². The van der Waals surface area contributed by atoms with Gasteiger partial charge in [-0.25, -0.2) is 4.68 Å². The van der Waals surface area contributed by atoms with Crippen molar-refractivity contribution < 1.29 is 4.74 Å². The van der Waals surface area contributed by atoms with Crippen molar-refractivity contribution in [2.45, 2.75) is 6.42 Å². The summed E-state index contributed by atoms with van der Waals surface area (Å²) in [5.74, 6) is 0.822. The SMILES string of the molecule is COc1cccc(-c2ccc(-n3ncc(CC#N)c3Cl)cc2)c1. The summed E-state index contributed by atoms with van der Waals surface area (Å²) in [7, 11) is 1.65. The van der Waals surface area contributed by atoms with E-state index >= 15 is 0 Å². The molecule has 0 unspecified atom stereocenters. The molecule has 0 radical (unpaired) electrons. The van der Waals surface area contributed by atoms with Crippen LogP contribution in [0.1, 0.15) is 5.56 Å². The maximum absolute atomic E-state index is 8.77. The van der Waals surface area contributed by atoms with Crippen LogP contribution in [0.4, 0.5) is 0 Å². The molecule has 3 rings (SSSR count). The zero-order valence-electron chi connectivity index (χ0n) is 12.5. The van der Waals surface area contributed by atoms with Crippen LogP contribution in [0.15, 0.2) is 54.7 Å².